The van der Waals surface area contributed by atoms with E-state index in [0.29, 0.717) is 11.8 Å². The Morgan fingerprint density at radius 1 is 1.04 bits per heavy atom. The van der Waals surface area contributed by atoms with E-state index in [4.69, 9.17) is 16.3 Å². The SMILES string of the molecule is CCc1c(N2CCN(C(=O)c3ncnc(C)c3O)CC2)c(=O)n2nc(-c3ccc4c(c3)CO[C@@H]4C(F)(F)F)nc2n1CC(=O)Nc1ccc(C(F)(F)F)cc1Cl. The van der Waals surface area contributed by atoms with Gasteiger partial charge < -0.3 is 29.5 Å². The van der Waals surface area contributed by atoms with E-state index < -0.39 is 47.9 Å². The summed E-state index contributed by atoms with van der Waals surface area (Å²) in [6.45, 7) is 2.87. The number of fused-ring (bicyclic) bond motifs is 2. The lowest BCUT2D eigenvalue weighted by atomic mass is 10.0. The van der Waals surface area contributed by atoms with Crippen LogP contribution in [0, 0.1) is 6.92 Å². The molecule has 0 saturated carbocycles. The predicted molar refractivity (Wildman–Crippen MR) is 187 cm³/mol. The van der Waals surface area contributed by atoms with Crippen molar-refractivity contribution >= 4 is 40.6 Å². The summed E-state index contributed by atoms with van der Waals surface area (Å²) in [5.74, 6) is -1.79. The predicted octanol–water partition coefficient (Wildman–Crippen LogP) is 5.33. The number of anilines is 2. The molecule has 7 rings (SSSR count). The Morgan fingerprint density at radius 3 is 2.43 bits per heavy atom. The van der Waals surface area contributed by atoms with Gasteiger partial charge in [-0.1, -0.05) is 30.7 Å². The first-order chi connectivity index (χ1) is 26.5. The summed E-state index contributed by atoms with van der Waals surface area (Å²) >= 11 is 6.10. The highest BCUT2D eigenvalue weighted by Gasteiger charge is 2.46. The minimum Gasteiger partial charge on any atom is -0.504 e. The van der Waals surface area contributed by atoms with E-state index >= 15 is 0 Å². The van der Waals surface area contributed by atoms with Crippen LogP contribution >= 0.6 is 11.6 Å². The van der Waals surface area contributed by atoms with Crippen molar-refractivity contribution < 1.29 is 45.8 Å². The Hall–Kier alpha value is -5.76. The van der Waals surface area contributed by atoms with Crippen molar-refractivity contribution in [2.45, 2.75) is 51.9 Å². The van der Waals surface area contributed by atoms with Crippen LogP contribution in [-0.4, -0.2) is 83.3 Å². The van der Waals surface area contributed by atoms with Crippen LogP contribution in [-0.2, 0) is 35.3 Å². The van der Waals surface area contributed by atoms with Gasteiger partial charge in [0.15, 0.2) is 23.4 Å². The van der Waals surface area contributed by atoms with E-state index in [1.165, 1.54) is 34.6 Å². The molecular weight excluding hydrogens is 776 g/mol. The zero-order valence-electron chi connectivity index (χ0n) is 29.4. The van der Waals surface area contributed by atoms with Crippen molar-refractivity contribution in [3.63, 3.8) is 0 Å². The lowest BCUT2D eigenvalue weighted by molar-refractivity contribution is -0.219. The number of carbonyl (C=O) groups is 2. The molecule has 2 amide bonds. The van der Waals surface area contributed by atoms with Crippen LogP contribution in [0.25, 0.3) is 17.2 Å². The first-order valence-electron chi connectivity index (χ1n) is 17.0. The molecule has 14 nitrogen and oxygen atoms in total. The minimum absolute atomic E-state index is 0.0464. The summed E-state index contributed by atoms with van der Waals surface area (Å²) in [7, 11) is 0. The van der Waals surface area contributed by atoms with Crippen molar-refractivity contribution in [1.82, 2.24) is 34.0 Å². The van der Waals surface area contributed by atoms with Gasteiger partial charge in [-0.2, -0.15) is 35.8 Å². The lowest BCUT2D eigenvalue weighted by Gasteiger charge is -2.36. The van der Waals surface area contributed by atoms with Crippen LogP contribution in [0.5, 0.6) is 5.75 Å². The van der Waals surface area contributed by atoms with Gasteiger partial charge in [-0.25, -0.2) is 9.97 Å². The topological polar surface area (TPSA) is 160 Å². The second-order valence-electron chi connectivity index (χ2n) is 13.0. The van der Waals surface area contributed by atoms with Gasteiger partial charge in [0.2, 0.25) is 11.7 Å². The lowest BCUT2D eigenvalue weighted by Crippen LogP contribution is -2.51. The minimum atomic E-state index is -4.67. The van der Waals surface area contributed by atoms with Crippen LogP contribution in [0.4, 0.5) is 37.7 Å². The number of carbonyl (C=O) groups excluding carboxylic acids is 2. The number of rotatable bonds is 7. The van der Waals surface area contributed by atoms with Crippen molar-refractivity contribution in [2.24, 2.45) is 0 Å². The maximum Gasteiger partial charge on any atom is 0.418 e. The van der Waals surface area contributed by atoms with Gasteiger partial charge in [0, 0.05) is 31.7 Å². The molecule has 2 aliphatic rings. The highest BCUT2D eigenvalue weighted by Crippen LogP contribution is 2.43. The zero-order valence-corrected chi connectivity index (χ0v) is 30.1. The van der Waals surface area contributed by atoms with E-state index in [0.717, 1.165) is 23.0 Å². The Morgan fingerprint density at radius 2 is 1.77 bits per heavy atom. The number of nitrogens with zero attached hydrogens (tertiary/aromatic N) is 8. The number of ether oxygens (including phenoxy) is 1. The van der Waals surface area contributed by atoms with Gasteiger partial charge in [-0.15, -0.1) is 5.10 Å². The molecule has 5 aromatic rings. The van der Waals surface area contributed by atoms with Gasteiger partial charge in [0.05, 0.1) is 34.3 Å². The molecular formula is C35H30ClF6N9O5. The molecule has 2 aromatic carbocycles. The highest BCUT2D eigenvalue weighted by molar-refractivity contribution is 6.33. The number of alkyl halides is 6. The Bertz CT molecular complexity index is 2440. The molecule has 1 fully saturated rings. The molecule has 2 N–H and O–H groups in total. The number of amides is 2. The first-order valence-corrected chi connectivity index (χ1v) is 17.4. The van der Waals surface area contributed by atoms with Gasteiger partial charge in [0.25, 0.3) is 11.5 Å². The molecule has 0 radical (unpaired) electrons. The van der Waals surface area contributed by atoms with Crippen LogP contribution < -0.4 is 15.8 Å². The number of aromatic hydroxyl groups is 1. The summed E-state index contributed by atoms with van der Waals surface area (Å²) < 4.78 is 87.7. The molecule has 0 aliphatic carbocycles. The van der Waals surface area contributed by atoms with Crippen LogP contribution in [0.2, 0.25) is 5.02 Å². The van der Waals surface area contributed by atoms with Crippen molar-refractivity contribution in [3.05, 3.63) is 91.9 Å². The van der Waals surface area contributed by atoms with E-state index in [1.54, 1.807) is 11.8 Å². The Balaban J connectivity index is 1.26. The van der Waals surface area contributed by atoms with Gasteiger partial charge in [-0.05, 0) is 48.7 Å². The standard InChI is InChI=1S/C35H30ClF6N9O5/c1-3-24-27(48-8-10-49(11-9-48)31(54)26-28(53)17(2)43-16-44-26)32(55)51-33(50(24)14-25(52)45-23-7-5-20(13-22(23)36)34(37,38)39)46-30(47-51)18-4-6-21-19(12-18)15-56-29(21)35(40,41)42/h4-7,12-13,16,29,53H,3,8-11,14-15H2,1-2H3,(H,45,52)/t29-/m0/s1. The van der Waals surface area contributed by atoms with E-state index in [2.05, 4.69) is 25.4 Å². The number of hydrogen-bond donors (Lipinski definition) is 2. The number of nitrogens with one attached hydrogen (secondary N) is 1. The van der Waals surface area contributed by atoms with Crippen LogP contribution in [0.3, 0.4) is 0 Å². The molecule has 3 aromatic heterocycles. The number of halogens is 7. The summed E-state index contributed by atoms with van der Waals surface area (Å²) in [5, 5.41) is 16.9. The molecule has 5 heterocycles. The largest absolute Gasteiger partial charge is 0.504 e. The first kappa shape index (κ1) is 38.5. The van der Waals surface area contributed by atoms with Gasteiger partial charge in [-0.3, -0.25) is 14.4 Å². The fourth-order valence-electron chi connectivity index (χ4n) is 6.74. The van der Waals surface area contributed by atoms with Crippen molar-refractivity contribution in [2.75, 3.05) is 36.4 Å². The second kappa shape index (κ2) is 14.4. The Kier molecular flexibility index (Phi) is 9.90. The molecule has 56 heavy (non-hydrogen) atoms. The molecule has 21 heteroatoms. The number of aromatic nitrogens is 6. The van der Waals surface area contributed by atoms with E-state index in [1.807, 2.05) is 0 Å². The average molecular weight is 806 g/mol. The second-order valence-corrected chi connectivity index (χ2v) is 13.4. The Labute approximate surface area is 317 Å². The quantitative estimate of drug-likeness (QED) is 0.206. The highest BCUT2D eigenvalue weighted by atomic mass is 35.5. The monoisotopic (exact) mass is 805 g/mol. The van der Waals surface area contributed by atoms with Crippen molar-refractivity contribution in [1.29, 1.82) is 0 Å². The molecule has 0 spiro atoms. The normalized spacial score (nSPS) is 16.1. The summed E-state index contributed by atoms with van der Waals surface area (Å²) in [6, 6.07) is 6.49. The fraction of sp³-hybridized carbons (Fsp3) is 0.343. The summed E-state index contributed by atoms with van der Waals surface area (Å²) in [5.41, 5.74) is -0.816. The van der Waals surface area contributed by atoms with Gasteiger partial charge in [0.1, 0.15) is 18.6 Å². The van der Waals surface area contributed by atoms with E-state index in [9.17, 15) is 45.8 Å². The maximum atomic E-state index is 14.3. The number of hydrogen-bond acceptors (Lipinski definition) is 10. The van der Waals surface area contributed by atoms with Crippen LogP contribution in [0.1, 0.15) is 51.6 Å². The zero-order chi connectivity index (χ0) is 40.3. The molecule has 1 saturated heterocycles. The molecule has 294 valence electrons. The average Bonchev–Trinajstić information content (AvgIpc) is 3.80. The van der Waals surface area contributed by atoms with Crippen LogP contribution in [0.15, 0.2) is 47.5 Å². The summed E-state index contributed by atoms with van der Waals surface area (Å²) in [4.78, 5) is 56.7. The smallest absolute Gasteiger partial charge is 0.418 e. The number of aryl methyl sites for hydroxylation is 1. The summed E-state index contributed by atoms with van der Waals surface area (Å²) in [6.07, 6.45) is -10.1. The third-order valence-corrected chi connectivity index (χ3v) is 9.82. The number of piperazine rings is 1. The molecule has 1 atom stereocenters. The van der Waals surface area contributed by atoms with Gasteiger partial charge >= 0.3 is 12.4 Å². The molecule has 2 aliphatic heterocycles. The molecule has 0 unspecified atom stereocenters. The molecule has 0 bridgehead atoms. The third kappa shape index (κ3) is 7.09. The fourth-order valence-corrected chi connectivity index (χ4v) is 6.97. The van der Waals surface area contributed by atoms with E-state index in [-0.39, 0.29) is 101 Å². The van der Waals surface area contributed by atoms with Crippen molar-refractivity contribution in [3.8, 4) is 17.1 Å². The number of benzene rings is 2. The third-order valence-electron chi connectivity index (χ3n) is 9.51. The maximum absolute atomic E-state index is 14.3.